The molecule has 5 atom stereocenters. The Bertz CT molecular complexity index is 1280. The molecule has 9 heteroatoms. The maximum Gasteiger partial charge on any atom is 0.303 e. The molecule has 3 aromatic rings. The first-order valence-corrected chi connectivity index (χ1v) is 14.2. The van der Waals surface area contributed by atoms with Gasteiger partial charge in [-0.25, -0.2) is 0 Å². The maximum atomic E-state index is 11.9. The van der Waals surface area contributed by atoms with Gasteiger partial charge >= 0.3 is 5.97 Å². The number of benzene rings is 3. The van der Waals surface area contributed by atoms with Gasteiger partial charge in [0.05, 0.1) is 31.3 Å². The van der Waals surface area contributed by atoms with Crippen LogP contribution in [-0.4, -0.2) is 57.8 Å². The van der Waals surface area contributed by atoms with Crippen LogP contribution in [0.3, 0.4) is 0 Å². The van der Waals surface area contributed by atoms with E-state index in [9.17, 15) is 19.8 Å². The lowest BCUT2D eigenvalue weighted by atomic mass is 9.98. The molecule has 0 bridgehead atoms. The summed E-state index contributed by atoms with van der Waals surface area (Å²) in [6, 6.07) is 24.8. The molecule has 1 heterocycles. The summed E-state index contributed by atoms with van der Waals surface area (Å²) in [6.45, 7) is 2.84. The zero-order chi connectivity index (χ0) is 30.1. The Hall–Kier alpha value is -3.60. The molecular formula is C33H40N2O7. The highest BCUT2D eigenvalue weighted by Gasteiger charge is 2.34. The number of nitrogens with one attached hydrogen (secondary N) is 1. The molecular weight excluding hydrogens is 536 g/mol. The number of carbonyl (C=O) groups is 2. The number of likely N-dealkylation sites (N-methyl/N-ethyl adjacent to an activating group) is 1. The lowest BCUT2D eigenvalue weighted by molar-refractivity contribution is -0.253. The van der Waals surface area contributed by atoms with Crippen molar-refractivity contribution < 1.29 is 34.4 Å². The number of rotatable bonds is 13. The van der Waals surface area contributed by atoms with Crippen LogP contribution < -0.4 is 5.32 Å². The Morgan fingerprint density at radius 3 is 2.21 bits per heavy atom. The second-order valence-electron chi connectivity index (χ2n) is 10.8. The molecule has 224 valence electrons. The van der Waals surface area contributed by atoms with Gasteiger partial charge in [0.15, 0.2) is 6.29 Å². The van der Waals surface area contributed by atoms with Crippen LogP contribution in [0.25, 0.3) is 0 Å². The molecule has 1 saturated heterocycles. The standard InChI is InChI=1S/C33H40N2O7/c1-22(32(40)26-6-4-3-5-7-26)35(2)20-28-18-29(25-12-10-24(21-36)11-13-25)42-33(41-28)27-14-8-23(9-15-27)19-34-30(37)16-17-31(38)39/h3-15,22,28-29,32-33,36,40H,16-21H2,1-2H3,(H,34,37)(H,38,39)/t22-,28+,29-,32-,33-/m0/s1. The van der Waals surface area contributed by atoms with E-state index in [0.717, 1.165) is 27.8 Å². The molecule has 4 N–H and O–H groups in total. The van der Waals surface area contributed by atoms with Gasteiger partial charge in [0.1, 0.15) is 0 Å². The summed E-state index contributed by atoms with van der Waals surface area (Å²) < 4.78 is 12.9. The molecule has 1 aliphatic rings. The highest BCUT2D eigenvalue weighted by molar-refractivity contribution is 5.80. The maximum absolute atomic E-state index is 11.9. The number of carboxylic acid groups (broad SMARTS) is 1. The first-order chi connectivity index (χ1) is 20.2. The van der Waals surface area contributed by atoms with Crippen molar-refractivity contribution in [1.82, 2.24) is 10.2 Å². The second kappa shape index (κ2) is 15.0. The second-order valence-corrected chi connectivity index (χ2v) is 10.8. The van der Waals surface area contributed by atoms with E-state index in [0.29, 0.717) is 19.5 Å². The number of ether oxygens (including phenoxy) is 2. The minimum atomic E-state index is -1.00. The third kappa shape index (κ3) is 8.70. The monoisotopic (exact) mass is 576 g/mol. The minimum absolute atomic E-state index is 0.0288. The zero-order valence-electron chi connectivity index (χ0n) is 24.1. The lowest BCUT2D eigenvalue weighted by Gasteiger charge is -2.39. The van der Waals surface area contributed by atoms with E-state index in [2.05, 4.69) is 10.2 Å². The third-order valence-corrected chi connectivity index (χ3v) is 7.71. The summed E-state index contributed by atoms with van der Waals surface area (Å²) in [5, 5.41) is 31.9. The van der Waals surface area contributed by atoms with Crippen molar-refractivity contribution in [3.05, 3.63) is 107 Å². The number of hydrogen-bond acceptors (Lipinski definition) is 7. The summed E-state index contributed by atoms with van der Waals surface area (Å²) in [5.74, 6) is -1.31. The van der Waals surface area contributed by atoms with Crippen molar-refractivity contribution in [2.24, 2.45) is 0 Å². The molecule has 0 saturated carbocycles. The van der Waals surface area contributed by atoms with Gasteiger partial charge in [-0.2, -0.15) is 0 Å². The summed E-state index contributed by atoms with van der Waals surface area (Å²) in [4.78, 5) is 24.7. The van der Waals surface area contributed by atoms with E-state index in [1.807, 2.05) is 92.8 Å². The van der Waals surface area contributed by atoms with Gasteiger partial charge in [0.25, 0.3) is 0 Å². The normalized spacial score (nSPS) is 20.2. The number of carboxylic acids is 1. The number of aliphatic hydroxyl groups excluding tert-OH is 2. The fourth-order valence-electron chi connectivity index (χ4n) is 4.99. The molecule has 3 aromatic carbocycles. The number of carbonyl (C=O) groups excluding carboxylic acids is 1. The van der Waals surface area contributed by atoms with E-state index >= 15 is 0 Å². The Morgan fingerprint density at radius 2 is 1.57 bits per heavy atom. The first kappa shape index (κ1) is 31.3. The van der Waals surface area contributed by atoms with Gasteiger partial charge in [-0.05, 0) is 36.2 Å². The van der Waals surface area contributed by atoms with Gasteiger partial charge in [0, 0.05) is 37.5 Å². The fraction of sp³-hybridized carbons (Fsp3) is 0.394. The SMILES string of the molecule is C[C@@H]([C@H](O)c1ccccc1)N(C)C[C@H]1C[C@@H](c2ccc(CO)cc2)O[C@@H](c2ccc(CNC(=O)CCC(=O)O)cc2)O1. The minimum Gasteiger partial charge on any atom is -0.481 e. The summed E-state index contributed by atoms with van der Waals surface area (Å²) in [7, 11) is 1.98. The van der Waals surface area contributed by atoms with Crippen molar-refractivity contribution in [2.45, 2.75) is 70.0 Å². The molecule has 1 amide bonds. The molecule has 9 nitrogen and oxygen atoms in total. The smallest absolute Gasteiger partial charge is 0.303 e. The van der Waals surface area contributed by atoms with E-state index in [4.69, 9.17) is 14.6 Å². The van der Waals surface area contributed by atoms with Crippen molar-refractivity contribution in [1.29, 1.82) is 0 Å². The van der Waals surface area contributed by atoms with Crippen LogP contribution in [0.5, 0.6) is 0 Å². The number of aliphatic carboxylic acids is 1. The van der Waals surface area contributed by atoms with Crippen molar-refractivity contribution in [3.63, 3.8) is 0 Å². The molecule has 0 aromatic heterocycles. The third-order valence-electron chi connectivity index (χ3n) is 7.71. The molecule has 1 fully saturated rings. The predicted molar refractivity (Wildman–Crippen MR) is 157 cm³/mol. The number of hydrogen-bond donors (Lipinski definition) is 4. The number of amides is 1. The molecule has 0 radical (unpaired) electrons. The van der Waals surface area contributed by atoms with Crippen molar-refractivity contribution in [2.75, 3.05) is 13.6 Å². The fourth-order valence-corrected chi connectivity index (χ4v) is 4.99. The van der Waals surface area contributed by atoms with E-state index in [-0.39, 0.29) is 43.6 Å². The van der Waals surface area contributed by atoms with Gasteiger partial charge in [0.2, 0.25) is 5.91 Å². The van der Waals surface area contributed by atoms with Crippen LogP contribution in [0, 0.1) is 0 Å². The van der Waals surface area contributed by atoms with Crippen LogP contribution in [0.4, 0.5) is 0 Å². The molecule has 0 aliphatic carbocycles. The van der Waals surface area contributed by atoms with Gasteiger partial charge in [-0.1, -0.05) is 78.9 Å². The Labute approximate surface area is 246 Å². The average molecular weight is 577 g/mol. The van der Waals surface area contributed by atoms with Crippen molar-refractivity contribution >= 4 is 11.9 Å². The Morgan fingerprint density at radius 1 is 0.929 bits per heavy atom. The van der Waals surface area contributed by atoms with Crippen molar-refractivity contribution in [3.8, 4) is 0 Å². The van der Waals surface area contributed by atoms with E-state index in [1.165, 1.54) is 0 Å². The summed E-state index contributed by atoms with van der Waals surface area (Å²) >= 11 is 0. The van der Waals surface area contributed by atoms with Crippen LogP contribution in [0.2, 0.25) is 0 Å². The summed E-state index contributed by atoms with van der Waals surface area (Å²) in [6.07, 6.45) is -1.35. The molecule has 4 rings (SSSR count). The van der Waals surface area contributed by atoms with Gasteiger partial charge < -0.3 is 30.1 Å². The molecule has 1 aliphatic heterocycles. The van der Waals surface area contributed by atoms with E-state index < -0.39 is 18.4 Å². The predicted octanol–water partition coefficient (Wildman–Crippen LogP) is 4.26. The number of aliphatic hydroxyl groups is 2. The zero-order valence-corrected chi connectivity index (χ0v) is 24.1. The quantitative estimate of drug-likeness (QED) is 0.238. The topological polar surface area (TPSA) is 129 Å². The average Bonchev–Trinajstić information content (AvgIpc) is 3.02. The molecule has 0 unspecified atom stereocenters. The lowest BCUT2D eigenvalue weighted by Crippen LogP contribution is -2.43. The van der Waals surface area contributed by atoms with E-state index in [1.54, 1.807) is 0 Å². The first-order valence-electron chi connectivity index (χ1n) is 14.2. The Balaban J connectivity index is 1.45. The largest absolute Gasteiger partial charge is 0.481 e. The van der Waals surface area contributed by atoms with Crippen LogP contribution in [0.1, 0.15) is 72.5 Å². The van der Waals surface area contributed by atoms with Crippen LogP contribution in [-0.2, 0) is 32.2 Å². The summed E-state index contributed by atoms with van der Waals surface area (Å²) in [5.41, 5.74) is 4.38. The number of nitrogens with zero attached hydrogens (tertiary/aromatic N) is 1. The molecule has 42 heavy (non-hydrogen) atoms. The highest BCUT2D eigenvalue weighted by Crippen LogP contribution is 2.38. The Kier molecular flexibility index (Phi) is 11.2. The van der Waals surface area contributed by atoms with Crippen LogP contribution >= 0.6 is 0 Å². The van der Waals surface area contributed by atoms with Gasteiger partial charge in [-0.15, -0.1) is 0 Å². The van der Waals surface area contributed by atoms with Gasteiger partial charge in [-0.3, -0.25) is 14.5 Å². The highest BCUT2D eigenvalue weighted by atomic mass is 16.7. The van der Waals surface area contributed by atoms with Crippen LogP contribution in [0.15, 0.2) is 78.9 Å². The molecule has 0 spiro atoms.